The van der Waals surface area contributed by atoms with Gasteiger partial charge in [-0.3, -0.25) is 4.79 Å². The molecule has 2 aliphatic rings. The molecule has 3 atom stereocenters. The van der Waals surface area contributed by atoms with Gasteiger partial charge in [-0.25, -0.2) is 4.39 Å². The first-order valence-electron chi connectivity index (χ1n) is 5.37. The smallest absolute Gasteiger partial charge is 0.314 e. The molecule has 1 aliphatic heterocycles. The number of thioether (sulfide) groups is 1. The average Bonchev–Trinajstić information content (AvgIpc) is 2.58. The topological polar surface area (TPSA) is 26.3 Å². The second kappa shape index (κ2) is 3.77. The summed E-state index contributed by atoms with van der Waals surface area (Å²) in [6, 6.07) is 6.43. The fourth-order valence-electron chi connectivity index (χ4n) is 2.34. The highest BCUT2D eigenvalue weighted by atomic mass is 32.2. The number of halogens is 1. The maximum absolute atomic E-state index is 12.7. The van der Waals surface area contributed by atoms with E-state index in [-0.39, 0.29) is 23.8 Å². The summed E-state index contributed by atoms with van der Waals surface area (Å²) in [6.45, 7) is 0. The van der Waals surface area contributed by atoms with Crippen LogP contribution in [-0.2, 0) is 9.53 Å². The van der Waals surface area contributed by atoms with Crippen LogP contribution in [0.15, 0.2) is 29.2 Å². The molecule has 3 rings (SSSR count). The van der Waals surface area contributed by atoms with Crippen LogP contribution in [0.25, 0.3) is 0 Å². The van der Waals surface area contributed by atoms with Crippen molar-refractivity contribution in [2.75, 3.05) is 0 Å². The summed E-state index contributed by atoms with van der Waals surface area (Å²) in [5.41, 5.74) is 0. The van der Waals surface area contributed by atoms with E-state index in [1.54, 1.807) is 23.9 Å². The first-order chi connectivity index (χ1) is 7.74. The molecule has 0 radical (unpaired) electrons. The molecule has 1 aromatic carbocycles. The Morgan fingerprint density at radius 3 is 2.69 bits per heavy atom. The van der Waals surface area contributed by atoms with Crippen LogP contribution in [0, 0.1) is 11.7 Å². The number of carbonyl (C=O) groups is 1. The molecule has 2 nitrogen and oxygen atoms in total. The normalized spacial score (nSPS) is 31.8. The summed E-state index contributed by atoms with van der Waals surface area (Å²) >= 11 is 1.66. The molecule has 1 aromatic rings. The summed E-state index contributed by atoms with van der Waals surface area (Å²) in [4.78, 5) is 12.3. The second-order valence-corrected chi connectivity index (χ2v) is 5.50. The lowest BCUT2D eigenvalue weighted by molar-refractivity contribution is -0.179. The van der Waals surface area contributed by atoms with Gasteiger partial charge >= 0.3 is 5.97 Å². The quantitative estimate of drug-likeness (QED) is 0.741. The molecule has 1 aliphatic carbocycles. The highest BCUT2D eigenvalue weighted by Gasteiger charge is 2.52. The highest BCUT2D eigenvalue weighted by Crippen LogP contribution is 2.45. The van der Waals surface area contributed by atoms with Crippen LogP contribution in [0.4, 0.5) is 4.39 Å². The van der Waals surface area contributed by atoms with Crippen molar-refractivity contribution in [2.24, 2.45) is 5.92 Å². The number of carbonyl (C=O) groups excluding carboxylic acids is 1. The summed E-state index contributed by atoms with van der Waals surface area (Å²) < 4.78 is 17.8. The Balaban J connectivity index is 1.71. The lowest BCUT2D eigenvalue weighted by Gasteiger charge is -2.32. The molecule has 0 spiro atoms. The van der Waals surface area contributed by atoms with E-state index in [0.717, 1.165) is 17.7 Å². The second-order valence-electron chi connectivity index (χ2n) is 4.19. The van der Waals surface area contributed by atoms with Gasteiger partial charge < -0.3 is 4.74 Å². The third kappa shape index (κ3) is 1.61. The Kier molecular flexibility index (Phi) is 2.39. The molecular formula is C12H11FO2S. The van der Waals surface area contributed by atoms with E-state index in [9.17, 15) is 9.18 Å². The number of rotatable bonds is 2. The van der Waals surface area contributed by atoms with Gasteiger partial charge in [-0.05, 0) is 37.1 Å². The molecule has 1 saturated heterocycles. The van der Waals surface area contributed by atoms with Crippen molar-refractivity contribution < 1.29 is 13.9 Å². The zero-order chi connectivity index (χ0) is 11.1. The van der Waals surface area contributed by atoms with Gasteiger partial charge in [0.2, 0.25) is 0 Å². The molecule has 84 valence electrons. The van der Waals surface area contributed by atoms with Gasteiger partial charge in [-0.1, -0.05) is 0 Å². The fourth-order valence-corrected chi connectivity index (χ4v) is 3.67. The Morgan fingerprint density at radius 2 is 2.00 bits per heavy atom. The fraction of sp³-hybridized carbons (Fsp3) is 0.417. The minimum atomic E-state index is -0.225. The van der Waals surface area contributed by atoms with Crippen molar-refractivity contribution in [3.8, 4) is 0 Å². The molecule has 1 heterocycles. The van der Waals surface area contributed by atoms with Crippen LogP contribution in [0.3, 0.4) is 0 Å². The predicted octanol–water partition coefficient (Wildman–Crippen LogP) is 2.62. The van der Waals surface area contributed by atoms with E-state index in [4.69, 9.17) is 4.74 Å². The summed E-state index contributed by atoms with van der Waals surface area (Å²) in [5.74, 6) is -0.228. The molecular weight excluding hydrogens is 227 g/mol. The first kappa shape index (κ1) is 10.1. The number of esters is 1. The van der Waals surface area contributed by atoms with E-state index >= 15 is 0 Å². The van der Waals surface area contributed by atoms with Crippen LogP contribution < -0.4 is 0 Å². The Morgan fingerprint density at radius 1 is 1.25 bits per heavy atom. The van der Waals surface area contributed by atoms with Crippen molar-refractivity contribution in [3.63, 3.8) is 0 Å². The predicted molar refractivity (Wildman–Crippen MR) is 58.6 cm³/mol. The Labute approximate surface area is 97.2 Å². The van der Waals surface area contributed by atoms with Gasteiger partial charge in [-0.15, -0.1) is 11.8 Å². The standard InChI is InChI=1S/C12H11FO2S/c13-7-1-3-8(4-2-7)16-10-6-5-9-11(10)12(14)15-9/h1-4,9-11H,5-6H2/t9-,10-,11-/m0/s1. The lowest BCUT2D eigenvalue weighted by Crippen LogP contribution is -2.44. The van der Waals surface area contributed by atoms with Crippen LogP contribution in [0.5, 0.6) is 0 Å². The van der Waals surface area contributed by atoms with Crippen LogP contribution in [-0.4, -0.2) is 17.3 Å². The maximum atomic E-state index is 12.7. The molecule has 0 unspecified atom stereocenters. The monoisotopic (exact) mass is 238 g/mol. The molecule has 1 saturated carbocycles. The molecule has 0 bridgehead atoms. The number of hydrogen-bond acceptors (Lipinski definition) is 3. The van der Waals surface area contributed by atoms with Crippen LogP contribution in [0.2, 0.25) is 0 Å². The number of hydrogen-bond donors (Lipinski definition) is 0. The van der Waals surface area contributed by atoms with E-state index < -0.39 is 0 Å². The third-order valence-electron chi connectivity index (χ3n) is 3.18. The summed E-state index contributed by atoms with van der Waals surface area (Å²) in [6.07, 6.45) is 2.11. The lowest BCUT2D eigenvalue weighted by atomic mass is 10.0. The van der Waals surface area contributed by atoms with Gasteiger partial charge in [0.25, 0.3) is 0 Å². The molecule has 0 N–H and O–H groups in total. The molecule has 2 fully saturated rings. The minimum absolute atomic E-state index is 0.0649. The average molecular weight is 238 g/mol. The van der Waals surface area contributed by atoms with Crippen molar-refractivity contribution in [2.45, 2.75) is 29.1 Å². The van der Waals surface area contributed by atoms with Gasteiger partial charge in [0.1, 0.15) is 17.8 Å². The maximum Gasteiger partial charge on any atom is 0.314 e. The van der Waals surface area contributed by atoms with E-state index in [0.29, 0.717) is 5.25 Å². The van der Waals surface area contributed by atoms with Crippen molar-refractivity contribution in [3.05, 3.63) is 30.1 Å². The molecule has 0 amide bonds. The zero-order valence-corrected chi connectivity index (χ0v) is 9.37. The van der Waals surface area contributed by atoms with Gasteiger partial charge in [0, 0.05) is 10.1 Å². The minimum Gasteiger partial charge on any atom is -0.461 e. The number of fused-ring (bicyclic) bond motifs is 1. The van der Waals surface area contributed by atoms with E-state index in [2.05, 4.69) is 0 Å². The molecule has 16 heavy (non-hydrogen) atoms. The zero-order valence-electron chi connectivity index (χ0n) is 8.56. The first-order valence-corrected chi connectivity index (χ1v) is 6.25. The largest absolute Gasteiger partial charge is 0.461 e. The summed E-state index contributed by atoms with van der Waals surface area (Å²) in [5, 5.41) is 0.303. The highest BCUT2D eigenvalue weighted by molar-refractivity contribution is 8.00. The van der Waals surface area contributed by atoms with Crippen molar-refractivity contribution in [1.29, 1.82) is 0 Å². The third-order valence-corrected chi connectivity index (χ3v) is 4.55. The van der Waals surface area contributed by atoms with Crippen LogP contribution in [0.1, 0.15) is 12.8 Å². The SMILES string of the molecule is O=C1O[C@H]2CC[C@H](Sc3ccc(F)cc3)[C@@H]12. The van der Waals surface area contributed by atoms with Crippen molar-refractivity contribution >= 4 is 17.7 Å². The number of benzene rings is 1. The Bertz CT molecular complexity index is 418. The molecule has 4 heteroatoms. The van der Waals surface area contributed by atoms with E-state index in [1.807, 2.05) is 0 Å². The molecule has 0 aromatic heterocycles. The van der Waals surface area contributed by atoms with Gasteiger partial charge in [0.15, 0.2) is 0 Å². The van der Waals surface area contributed by atoms with Gasteiger partial charge in [-0.2, -0.15) is 0 Å². The Hall–Kier alpha value is -1.03. The number of ether oxygens (including phenoxy) is 1. The summed E-state index contributed by atoms with van der Waals surface area (Å²) in [7, 11) is 0. The van der Waals surface area contributed by atoms with Crippen LogP contribution >= 0.6 is 11.8 Å². The van der Waals surface area contributed by atoms with E-state index in [1.165, 1.54) is 12.1 Å². The van der Waals surface area contributed by atoms with Crippen molar-refractivity contribution in [1.82, 2.24) is 0 Å². The van der Waals surface area contributed by atoms with Gasteiger partial charge in [0.05, 0.1) is 0 Å².